The second-order valence-corrected chi connectivity index (χ2v) is 4.28. The standard InChI is InChI=1S/C9H3N7O7/c17-8-7(16(22)23)11-12-9-10-3-1-2-4(14(18)19)6(15(20)21)5(3)13(8)9/h1-2,7H. The molecule has 1 atom stereocenters. The third-order valence-corrected chi connectivity index (χ3v) is 3.03. The van der Waals surface area contributed by atoms with Crippen LogP contribution < -0.4 is 0 Å². The Kier molecular flexibility index (Phi) is 2.81. The van der Waals surface area contributed by atoms with Gasteiger partial charge in [0.15, 0.2) is 5.52 Å². The molecule has 14 heteroatoms. The van der Waals surface area contributed by atoms with E-state index in [-0.39, 0.29) is 5.52 Å². The maximum absolute atomic E-state index is 12.1. The van der Waals surface area contributed by atoms with Crippen LogP contribution in [0.2, 0.25) is 0 Å². The van der Waals surface area contributed by atoms with Crippen molar-refractivity contribution in [1.29, 1.82) is 0 Å². The first kappa shape index (κ1) is 14.1. The first-order valence-electron chi connectivity index (χ1n) is 5.75. The van der Waals surface area contributed by atoms with E-state index in [9.17, 15) is 35.1 Å². The van der Waals surface area contributed by atoms with Crippen LogP contribution in [0.15, 0.2) is 22.4 Å². The number of benzene rings is 1. The molecule has 23 heavy (non-hydrogen) atoms. The smallest absolute Gasteiger partial charge is 0.263 e. The lowest BCUT2D eigenvalue weighted by Crippen LogP contribution is -2.33. The van der Waals surface area contributed by atoms with Crippen molar-refractivity contribution >= 4 is 34.3 Å². The van der Waals surface area contributed by atoms with E-state index in [1.54, 1.807) is 0 Å². The fraction of sp³-hybridized carbons (Fsp3) is 0.111. The van der Waals surface area contributed by atoms with Crippen LogP contribution in [0.4, 0.5) is 17.3 Å². The maximum Gasteiger partial charge on any atom is 0.399 e. The van der Waals surface area contributed by atoms with Crippen LogP contribution in [-0.4, -0.2) is 36.4 Å². The molecule has 0 aliphatic carbocycles. The van der Waals surface area contributed by atoms with Gasteiger partial charge in [-0.1, -0.05) is 5.11 Å². The summed E-state index contributed by atoms with van der Waals surface area (Å²) in [6, 6.07) is 1.93. The summed E-state index contributed by atoms with van der Waals surface area (Å²) in [5.41, 5.74) is -2.56. The molecule has 1 aliphatic heterocycles. The molecule has 0 fully saturated rings. The van der Waals surface area contributed by atoms with Gasteiger partial charge in [0.2, 0.25) is 0 Å². The van der Waals surface area contributed by atoms with Crippen LogP contribution in [0.3, 0.4) is 0 Å². The summed E-state index contributed by atoms with van der Waals surface area (Å²) in [7, 11) is 0. The molecule has 0 radical (unpaired) electrons. The number of rotatable bonds is 3. The first-order valence-corrected chi connectivity index (χ1v) is 5.75. The minimum absolute atomic E-state index is 0.145. The summed E-state index contributed by atoms with van der Waals surface area (Å²) in [4.78, 5) is 45.7. The summed E-state index contributed by atoms with van der Waals surface area (Å²) in [5.74, 6) is -1.67. The number of fused-ring (bicyclic) bond motifs is 3. The summed E-state index contributed by atoms with van der Waals surface area (Å²) >= 11 is 0. The molecule has 3 rings (SSSR count). The van der Waals surface area contributed by atoms with Gasteiger partial charge in [0.25, 0.3) is 5.95 Å². The van der Waals surface area contributed by atoms with Crippen molar-refractivity contribution in [2.45, 2.75) is 6.17 Å². The second-order valence-electron chi connectivity index (χ2n) is 4.28. The Balaban J connectivity index is 2.42. The summed E-state index contributed by atoms with van der Waals surface area (Å²) in [5, 5.41) is 39.5. The molecule has 1 aromatic heterocycles. The van der Waals surface area contributed by atoms with Crippen LogP contribution in [0.1, 0.15) is 4.79 Å². The number of nitro benzene ring substituents is 2. The van der Waals surface area contributed by atoms with Crippen LogP contribution in [0, 0.1) is 30.3 Å². The molecule has 1 unspecified atom stereocenters. The quantitative estimate of drug-likeness (QED) is 0.594. The van der Waals surface area contributed by atoms with Gasteiger partial charge in [0.1, 0.15) is 0 Å². The fourth-order valence-corrected chi connectivity index (χ4v) is 2.13. The summed E-state index contributed by atoms with van der Waals surface area (Å²) in [6.45, 7) is 0. The number of nitro groups is 3. The first-order chi connectivity index (χ1) is 10.8. The molecule has 0 saturated heterocycles. The molecule has 0 spiro atoms. The number of hydrogen-bond donors (Lipinski definition) is 0. The van der Waals surface area contributed by atoms with E-state index >= 15 is 0 Å². The molecule has 0 amide bonds. The lowest BCUT2D eigenvalue weighted by atomic mass is 10.2. The largest absolute Gasteiger partial charge is 0.399 e. The molecule has 1 aromatic carbocycles. The molecule has 1 aliphatic rings. The van der Waals surface area contributed by atoms with Crippen molar-refractivity contribution in [1.82, 2.24) is 9.55 Å². The van der Waals surface area contributed by atoms with Crippen molar-refractivity contribution in [3.63, 3.8) is 0 Å². The zero-order valence-corrected chi connectivity index (χ0v) is 10.7. The number of hydrogen-bond acceptors (Lipinski definition) is 10. The molecule has 0 bridgehead atoms. The van der Waals surface area contributed by atoms with E-state index in [1.807, 2.05) is 0 Å². The lowest BCUT2D eigenvalue weighted by Gasteiger charge is -2.09. The number of aromatic nitrogens is 2. The lowest BCUT2D eigenvalue weighted by molar-refractivity contribution is -0.505. The summed E-state index contributed by atoms with van der Waals surface area (Å²) in [6.07, 6.45) is -2.10. The number of carbonyl (C=O) groups is 1. The molecular weight excluding hydrogens is 318 g/mol. The van der Waals surface area contributed by atoms with Gasteiger partial charge in [0, 0.05) is 6.07 Å². The van der Waals surface area contributed by atoms with Crippen molar-refractivity contribution in [3.8, 4) is 0 Å². The Bertz CT molecular complexity index is 945. The molecule has 0 saturated carbocycles. The van der Waals surface area contributed by atoms with E-state index in [1.165, 1.54) is 0 Å². The highest BCUT2D eigenvalue weighted by atomic mass is 16.6. The highest BCUT2D eigenvalue weighted by Crippen LogP contribution is 2.38. The van der Waals surface area contributed by atoms with E-state index in [0.717, 1.165) is 12.1 Å². The normalized spacial score (nSPS) is 16.3. The molecule has 2 aromatic rings. The van der Waals surface area contributed by atoms with Crippen LogP contribution in [0.5, 0.6) is 0 Å². The van der Waals surface area contributed by atoms with E-state index in [4.69, 9.17) is 0 Å². The zero-order valence-electron chi connectivity index (χ0n) is 10.7. The van der Waals surface area contributed by atoms with Gasteiger partial charge < -0.3 is 0 Å². The fourth-order valence-electron chi connectivity index (χ4n) is 2.13. The van der Waals surface area contributed by atoms with Crippen molar-refractivity contribution in [2.24, 2.45) is 10.2 Å². The molecule has 2 heterocycles. The van der Waals surface area contributed by atoms with Gasteiger partial charge in [-0.05, 0) is 6.07 Å². The number of imidazole rings is 1. The van der Waals surface area contributed by atoms with Gasteiger partial charge in [-0.25, -0.2) is 9.55 Å². The monoisotopic (exact) mass is 321 g/mol. The van der Waals surface area contributed by atoms with E-state index < -0.39 is 49.7 Å². The highest BCUT2D eigenvalue weighted by Gasteiger charge is 2.41. The molecule has 116 valence electrons. The van der Waals surface area contributed by atoms with Crippen molar-refractivity contribution in [2.75, 3.05) is 0 Å². The topological polar surface area (TPSA) is 189 Å². The Morgan fingerprint density at radius 2 is 1.78 bits per heavy atom. The number of carbonyl (C=O) groups excluding carboxylic acids is 1. The molecule has 14 nitrogen and oxygen atoms in total. The predicted octanol–water partition coefficient (Wildman–Crippen LogP) is 1.19. The summed E-state index contributed by atoms with van der Waals surface area (Å²) < 4.78 is 0.501. The Hall–Kier alpha value is -3.84. The molecule has 0 N–H and O–H groups in total. The SMILES string of the molecule is O=C1C([N+](=O)[O-])N=Nc2nc3ccc([N+](=O)[O-])c([N+](=O)[O-])c3n21. The average Bonchev–Trinajstić information content (AvgIpc) is 2.84. The van der Waals surface area contributed by atoms with Gasteiger partial charge in [-0.3, -0.25) is 35.1 Å². The van der Waals surface area contributed by atoms with Crippen molar-refractivity contribution < 1.29 is 19.6 Å². The minimum atomic E-state index is -2.10. The van der Waals surface area contributed by atoms with Crippen LogP contribution >= 0.6 is 0 Å². The number of nitrogens with zero attached hydrogens (tertiary/aromatic N) is 7. The minimum Gasteiger partial charge on any atom is -0.263 e. The Labute approximate surface area is 123 Å². The van der Waals surface area contributed by atoms with E-state index in [0.29, 0.717) is 4.57 Å². The average molecular weight is 321 g/mol. The van der Waals surface area contributed by atoms with Gasteiger partial charge in [-0.2, -0.15) is 0 Å². The van der Waals surface area contributed by atoms with Crippen LogP contribution in [-0.2, 0) is 0 Å². The van der Waals surface area contributed by atoms with Crippen molar-refractivity contribution in [3.05, 3.63) is 42.5 Å². The Morgan fingerprint density at radius 1 is 1.09 bits per heavy atom. The van der Waals surface area contributed by atoms with Crippen LogP contribution in [0.25, 0.3) is 11.0 Å². The highest BCUT2D eigenvalue weighted by molar-refractivity contribution is 6.01. The third kappa shape index (κ3) is 1.88. The van der Waals surface area contributed by atoms with Gasteiger partial charge in [0.05, 0.1) is 20.3 Å². The van der Waals surface area contributed by atoms with E-state index in [2.05, 4.69) is 15.2 Å². The third-order valence-electron chi connectivity index (χ3n) is 3.03. The number of azo groups is 1. The van der Waals surface area contributed by atoms with Gasteiger partial charge >= 0.3 is 23.4 Å². The Morgan fingerprint density at radius 3 is 2.35 bits per heavy atom. The van der Waals surface area contributed by atoms with Gasteiger partial charge in [-0.15, -0.1) is 5.11 Å². The zero-order chi connectivity index (χ0) is 16.9. The second kappa shape index (κ2) is 4.58. The molecular formula is C9H3N7O7. The predicted molar refractivity (Wildman–Crippen MR) is 69.0 cm³/mol. The maximum atomic E-state index is 12.1.